The number of nitrogens with zero attached hydrogens (tertiary/aromatic N) is 5. The van der Waals surface area contributed by atoms with Crippen LogP contribution in [-0.2, 0) is 16.4 Å². The van der Waals surface area contributed by atoms with Crippen LogP contribution in [0, 0.1) is 6.92 Å². The van der Waals surface area contributed by atoms with Crippen molar-refractivity contribution >= 4 is 49.9 Å². The van der Waals surface area contributed by atoms with Crippen molar-refractivity contribution in [3.63, 3.8) is 0 Å². The molecule has 1 aromatic carbocycles. The molecule has 2 heterocycles. The number of anilines is 4. The summed E-state index contributed by atoms with van der Waals surface area (Å²) in [6, 6.07) is 8.51. The van der Waals surface area contributed by atoms with E-state index >= 15 is 0 Å². The Bertz CT molecular complexity index is 1320. The fraction of sp³-hybridized carbons (Fsp3) is 0.417. The molecule has 0 atom stereocenters. The van der Waals surface area contributed by atoms with E-state index in [0.29, 0.717) is 29.0 Å². The third-order valence-electron chi connectivity index (χ3n) is 5.78. The van der Waals surface area contributed by atoms with E-state index in [9.17, 15) is 18.3 Å². The molecule has 0 saturated heterocycles. The van der Waals surface area contributed by atoms with Gasteiger partial charge in [0.25, 0.3) is 0 Å². The largest absolute Gasteiger partial charge is 0.477 e. The maximum absolute atomic E-state index is 11.7. The highest BCUT2D eigenvalue weighted by Crippen LogP contribution is 2.26. The highest BCUT2D eigenvalue weighted by Gasteiger charge is 2.16. The predicted octanol–water partition coefficient (Wildman–Crippen LogP) is 3.48. The van der Waals surface area contributed by atoms with Crippen LogP contribution in [0.5, 0.6) is 0 Å². The lowest BCUT2D eigenvalue weighted by atomic mass is 10.2. The molecule has 200 valence electrons. The zero-order valence-corrected chi connectivity index (χ0v) is 23.3. The number of sulfone groups is 1. The smallest absolute Gasteiger partial charge is 0.347 e. The Morgan fingerprint density at radius 3 is 2.32 bits per heavy atom. The number of carbonyl (C=O) groups is 1. The summed E-state index contributed by atoms with van der Waals surface area (Å²) >= 11 is 1.02. The molecular weight excluding hydrogens is 514 g/mol. The molecule has 0 spiro atoms. The first-order valence-electron chi connectivity index (χ1n) is 11.8. The number of likely N-dealkylation sites (N-methyl/N-ethyl adjacent to an activating group) is 2. The monoisotopic (exact) mass is 547 g/mol. The first kappa shape index (κ1) is 28.3. The molecule has 0 aliphatic carbocycles. The number of nitrogens with one attached hydrogen (secondary N) is 2. The van der Waals surface area contributed by atoms with Crippen LogP contribution in [0.15, 0.2) is 35.2 Å². The molecule has 0 amide bonds. The van der Waals surface area contributed by atoms with E-state index in [1.54, 1.807) is 31.2 Å². The second-order valence-corrected chi connectivity index (χ2v) is 11.5. The minimum Gasteiger partial charge on any atom is -0.477 e. The number of hydrogen-bond acceptors (Lipinski definition) is 11. The predicted molar refractivity (Wildman–Crippen MR) is 147 cm³/mol. The lowest BCUT2D eigenvalue weighted by molar-refractivity contribution is 0.0701. The van der Waals surface area contributed by atoms with Gasteiger partial charge in [0, 0.05) is 39.0 Å². The van der Waals surface area contributed by atoms with Crippen molar-refractivity contribution in [2.24, 2.45) is 0 Å². The minimum atomic E-state index is -3.26. The fourth-order valence-corrected chi connectivity index (χ4v) is 4.94. The van der Waals surface area contributed by atoms with Gasteiger partial charge < -0.3 is 20.2 Å². The number of hydrogen-bond donors (Lipinski definition) is 3. The summed E-state index contributed by atoms with van der Waals surface area (Å²) in [6.07, 6.45) is 1.18. The van der Waals surface area contributed by atoms with Gasteiger partial charge in [0.2, 0.25) is 5.95 Å². The van der Waals surface area contributed by atoms with Gasteiger partial charge in [0.05, 0.1) is 10.6 Å². The molecule has 3 N–H and O–H groups in total. The Hall–Kier alpha value is -3.29. The molecule has 0 saturated carbocycles. The fourth-order valence-electron chi connectivity index (χ4n) is 3.51. The average molecular weight is 548 g/mol. The van der Waals surface area contributed by atoms with E-state index in [2.05, 4.69) is 44.3 Å². The van der Waals surface area contributed by atoms with Crippen molar-refractivity contribution in [3.8, 4) is 0 Å². The second kappa shape index (κ2) is 12.3. The van der Waals surface area contributed by atoms with E-state index in [4.69, 9.17) is 0 Å². The van der Waals surface area contributed by atoms with E-state index in [1.807, 2.05) is 18.0 Å². The van der Waals surface area contributed by atoms with Gasteiger partial charge >= 0.3 is 5.97 Å². The number of carboxylic acid groups (broad SMARTS) is 1. The standard InChI is InChI=1S/C24H33N7O4S2/c1-6-31(7-2)13-12-30(4)20-14-19(25-15-17-8-10-18(11-9-17)37(5,34)35)27-23(28-20)29-24-26-16(3)21(36-24)22(32)33/h8-11,14H,6-7,12-13,15H2,1-5H3,(H,32,33)(H2,25,26,27,28,29). The summed E-state index contributed by atoms with van der Waals surface area (Å²) in [7, 11) is -1.30. The third kappa shape index (κ3) is 7.84. The Kier molecular flexibility index (Phi) is 9.40. The van der Waals surface area contributed by atoms with Gasteiger partial charge in [-0.1, -0.05) is 37.3 Å². The third-order valence-corrected chi connectivity index (χ3v) is 7.97. The van der Waals surface area contributed by atoms with Crippen molar-refractivity contribution in [2.75, 3.05) is 55.0 Å². The number of carboxylic acids is 1. The number of aromatic carboxylic acids is 1. The summed E-state index contributed by atoms with van der Waals surface area (Å²) in [5, 5.41) is 16.1. The Morgan fingerprint density at radius 2 is 1.76 bits per heavy atom. The maximum Gasteiger partial charge on any atom is 0.347 e. The van der Waals surface area contributed by atoms with Crippen LogP contribution in [-0.4, -0.2) is 78.8 Å². The van der Waals surface area contributed by atoms with E-state index in [0.717, 1.165) is 43.1 Å². The maximum atomic E-state index is 11.7. The summed E-state index contributed by atoms with van der Waals surface area (Å²) in [6.45, 7) is 9.87. The first-order chi connectivity index (χ1) is 17.5. The van der Waals surface area contributed by atoms with Gasteiger partial charge in [-0.25, -0.2) is 18.2 Å². The van der Waals surface area contributed by atoms with E-state index in [-0.39, 0.29) is 15.7 Å². The molecule has 0 radical (unpaired) electrons. The zero-order valence-electron chi connectivity index (χ0n) is 21.6. The molecule has 3 rings (SSSR count). The van der Waals surface area contributed by atoms with Gasteiger partial charge in [-0.05, 0) is 37.7 Å². The second-order valence-electron chi connectivity index (χ2n) is 8.52. The van der Waals surface area contributed by atoms with Crippen LogP contribution < -0.4 is 15.5 Å². The number of rotatable bonds is 13. The van der Waals surface area contributed by atoms with Crippen LogP contribution in [0.2, 0.25) is 0 Å². The molecule has 11 nitrogen and oxygen atoms in total. The normalized spacial score (nSPS) is 11.5. The highest BCUT2D eigenvalue weighted by molar-refractivity contribution is 7.90. The van der Waals surface area contributed by atoms with Crippen LogP contribution in [0.1, 0.15) is 34.8 Å². The summed E-state index contributed by atoms with van der Waals surface area (Å²) < 4.78 is 23.4. The lowest BCUT2D eigenvalue weighted by Gasteiger charge is -2.24. The van der Waals surface area contributed by atoms with Crippen molar-refractivity contribution in [3.05, 3.63) is 46.5 Å². The summed E-state index contributed by atoms with van der Waals surface area (Å²) in [5.74, 6) is 0.498. The van der Waals surface area contributed by atoms with E-state index < -0.39 is 15.8 Å². The molecule has 0 unspecified atom stereocenters. The Labute approximate surface area is 221 Å². The molecule has 3 aromatic rings. The first-order valence-corrected chi connectivity index (χ1v) is 14.5. The van der Waals surface area contributed by atoms with Gasteiger partial charge in [-0.15, -0.1) is 0 Å². The summed E-state index contributed by atoms with van der Waals surface area (Å²) in [4.78, 5) is 29.7. The molecule has 0 fully saturated rings. The van der Waals surface area contributed by atoms with Crippen LogP contribution in [0.4, 0.5) is 22.7 Å². The molecule has 37 heavy (non-hydrogen) atoms. The quantitative estimate of drug-likeness (QED) is 0.290. The van der Waals surface area contributed by atoms with E-state index in [1.165, 1.54) is 6.26 Å². The van der Waals surface area contributed by atoms with Crippen molar-refractivity contribution in [1.82, 2.24) is 19.9 Å². The van der Waals surface area contributed by atoms with Crippen LogP contribution >= 0.6 is 11.3 Å². The molecular formula is C24H33N7O4S2. The topological polar surface area (TPSA) is 141 Å². The zero-order chi connectivity index (χ0) is 27.2. The van der Waals surface area contributed by atoms with Gasteiger partial charge in [0.15, 0.2) is 15.0 Å². The molecule has 0 bridgehead atoms. The Balaban J connectivity index is 1.84. The van der Waals surface area contributed by atoms with Gasteiger partial charge in [0.1, 0.15) is 16.5 Å². The van der Waals surface area contributed by atoms with Crippen molar-refractivity contribution in [1.29, 1.82) is 0 Å². The molecule has 0 aliphatic heterocycles. The number of benzene rings is 1. The number of aromatic nitrogens is 3. The van der Waals surface area contributed by atoms with Crippen LogP contribution in [0.25, 0.3) is 0 Å². The summed E-state index contributed by atoms with van der Waals surface area (Å²) in [5.41, 5.74) is 1.31. The number of aryl methyl sites for hydroxylation is 1. The SMILES string of the molecule is CCN(CC)CCN(C)c1cc(NCc2ccc(S(C)(=O)=O)cc2)nc(Nc2nc(C)c(C(=O)O)s2)n1. The minimum absolute atomic E-state index is 0.158. The highest BCUT2D eigenvalue weighted by atomic mass is 32.2. The van der Waals surface area contributed by atoms with Crippen molar-refractivity contribution in [2.45, 2.75) is 32.2 Å². The Morgan fingerprint density at radius 1 is 1.08 bits per heavy atom. The molecule has 13 heteroatoms. The molecule has 0 aliphatic rings. The number of thiazole rings is 1. The average Bonchev–Trinajstić information content (AvgIpc) is 3.22. The van der Waals surface area contributed by atoms with Crippen molar-refractivity contribution < 1.29 is 18.3 Å². The van der Waals surface area contributed by atoms with Gasteiger partial charge in [-0.3, -0.25) is 5.32 Å². The molecule has 2 aromatic heterocycles. The van der Waals surface area contributed by atoms with Crippen LogP contribution in [0.3, 0.4) is 0 Å². The van der Waals surface area contributed by atoms with Gasteiger partial charge in [-0.2, -0.15) is 9.97 Å². The lowest BCUT2D eigenvalue weighted by Crippen LogP contribution is -2.33.